The highest BCUT2D eigenvalue weighted by atomic mass is 32.2. The molecule has 0 spiro atoms. The molecular weight excluding hydrogens is 281 g/mol. The number of sulfonamides is 1. The van der Waals surface area contributed by atoms with Gasteiger partial charge in [0.2, 0.25) is 10.0 Å². The fourth-order valence-corrected chi connectivity index (χ4v) is 2.91. The van der Waals surface area contributed by atoms with Gasteiger partial charge in [-0.15, -0.1) is 0 Å². The molecule has 0 radical (unpaired) electrons. The zero-order chi connectivity index (χ0) is 14.6. The lowest BCUT2D eigenvalue weighted by Crippen LogP contribution is -2.25. The average molecular weight is 297 g/mol. The Morgan fingerprint density at radius 2 is 2.20 bits per heavy atom. The van der Waals surface area contributed by atoms with Crippen molar-refractivity contribution in [2.75, 3.05) is 6.54 Å². The first-order chi connectivity index (χ1) is 9.49. The van der Waals surface area contributed by atoms with Crippen LogP contribution in [0.4, 0.5) is 4.39 Å². The van der Waals surface area contributed by atoms with Crippen molar-refractivity contribution in [3.05, 3.63) is 48.3 Å². The summed E-state index contributed by atoms with van der Waals surface area (Å²) < 4.78 is 41.5. The molecular formula is C13H16FN3O2S. The van der Waals surface area contributed by atoms with E-state index in [-0.39, 0.29) is 4.90 Å². The van der Waals surface area contributed by atoms with Crippen molar-refractivity contribution < 1.29 is 12.8 Å². The van der Waals surface area contributed by atoms with E-state index in [9.17, 15) is 12.8 Å². The Kier molecular flexibility index (Phi) is 4.51. The molecule has 7 heteroatoms. The number of hydrogen-bond acceptors (Lipinski definition) is 3. The Hall–Kier alpha value is -1.73. The third-order valence-corrected chi connectivity index (χ3v) is 4.34. The second-order valence-electron chi connectivity index (χ2n) is 4.46. The third kappa shape index (κ3) is 3.64. The summed E-state index contributed by atoms with van der Waals surface area (Å²) in [6.45, 7) is 2.54. The quantitative estimate of drug-likeness (QED) is 0.825. The van der Waals surface area contributed by atoms with E-state index in [1.165, 1.54) is 19.1 Å². The number of nitrogens with zero attached hydrogens (tertiary/aromatic N) is 2. The van der Waals surface area contributed by atoms with Gasteiger partial charge in [-0.3, -0.25) is 0 Å². The summed E-state index contributed by atoms with van der Waals surface area (Å²) in [5.41, 5.74) is 0.311. The summed E-state index contributed by atoms with van der Waals surface area (Å²) in [5.74, 6) is -0.413. The van der Waals surface area contributed by atoms with Crippen LogP contribution in [0.2, 0.25) is 0 Å². The molecule has 2 aromatic rings. The maximum atomic E-state index is 13.1. The predicted octanol–water partition coefficient (Wildman–Crippen LogP) is 1.70. The van der Waals surface area contributed by atoms with Crippen molar-refractivity contribution in [3.63, 3.8) is 0 Å². The molecule has 0 amide bonds. The van der Waals surface area contributed by atoms with Gasteiger partial charge in [0, 0.05) is 25.5 Å². The monoisotopic (exact) mass is 297 g/mol. The van der Waals surface area contributed by atoms with Gasteiger partial charge in [0.25, 0.3) is 0 Å². The highest BCUT2D eigenvalue weighted by molar-refractivity contribution is 7.89. The Morgan fingerprint density at radius 3 is 2.85 bits per heavy atom. The second-order valence-corrected chi connectivity index (χ2v) is 6.23. The van der Waals surface area contributed by atoms with Crippen LogP contribution in [0.15, 0.2) is 41.8 Å². The van der Waals surface area contributed by atoms with Crippen LogP contribution in [-0.4, -0.2) is 24.5 Å². The zero-order valence-electron chi connectivity index (χ0n) is 11.1. The molecule has 2 rings (SSSR count). The fourth-order valence-electron chi connectivity index (χ4n) is 1.75. The van der Waals surface area contributed by atoms with Crippen molar-refractivity contribution in [1.82, 2.24) is 14.3 Å². The highest BCUT2D eigenvalue weighted by Gasteiger charge is 2.14. The molecule has 0 saturated heterocycles. The summed E-state index contributed by atoms with van der Waals surface area (Å²) in [4.78, 5) is 3.99. The van der Waals surface area contributed by atoms with Gasteiger partial charge in [-0.25, -0.2) is 22.5 Å². The Labute approximate surface area is 117 Å². The third-order valence-electron chi connectivity index (χ3n) is 2.88. The molecule has 0 atom stereocenters. The van der Waals surface area contributed by atoms with E-state index in [1.54, 1.807) is 12.5 Å². The van der Waals surface area contributed by atoms with Gasteiger partial charge >= 0.3 is 0 Å². The standard InChI is InChI=1S/C13H16FN3O2S/c1-11-9-12(3-4-13(11)14)20(18,19)16-5-2-7-17-8-6-15-10-17/h3-4,6,8-10,16H,2,5,7H2,1H3. The van der Waals surface area contributed by atoms with Crippen LogP contribution in [-0.2, 0) is 16.6 Å². The number of nitrogens with one attached hydrogen (secondary N) is 1. The lowest BCUT2D eigenvalue weighted by molar-refractivity contribution is 0.568. The van der Waals surface area contributed by atoms with Crippen molar-refractivity contribution in [2.24, 2.45) is 0 Å². The lowest BCUT2D eigenvalue weighted by Gasteiger charge is -2.08. The van der Waals surface area contributed by atoms with Gasteiger partial charge in [0.05, 0.1) is 11.2 Å². The van der Waals surface area contributed by atoms with E-state index >= 15 is 0 Å². The Morgan fingerprint density at radius 1 is 1.40 bits per heavy atom. The summed E-state index contributed by atoms with van der Waals surface area (Å²) in [6, 6.07) is 3.75. The van der Waals surface area contributed by atoms with E-state index in [2.05, 4.69) is 9.71 Å². The Bertz CT molecular complexity index is 669. The average Bonchev–Trinajstić information content (AvgIpc) is 2.91. The molecule has 1 N–H and O–H groups in total. The molecule has 0 bridgehead atoms. The zero-order valence-corrected chi connectivity index (χ0v) is 11.9. The largest absolute Gasteiger partial charge is 0.337 e. The molecule has 0 aliphatic heterocycles. The summed E-state index contributed by atoms with van der Waals surface area (Å²) in [5, 5.41) is 0. The van der Waals surface area contributed by atoms with E-state index in [4.69, 9.17) is 0 Å². The molecule has 0 saturated carbocycles. The molecule has 0 aliphatic carbocycles. The number of imidazole rings is 1. The number of halogens is 1. The number of rotatable bonds is 6. The van der Waals surface area contributed by atoms with E-state index < -0.39 is 15.8 Å². The Balaban J connectivity index is 1.92. The smallest absolute Gasteiger partial charge is 0.240 e. The molecule has 0 aliphatic rings. The minimum Gasteiger partial charge on any atom is -0.337 e. The van der Waals surface area contributed by atoms with Crippen LogP contribution in [0, 0.1) is 12.7 Å². The molecule has 108 valence electrons. The second kappa shape index (κ2) is 6.15. The van der Waals surface area contributed by atoms with Crippen LogP contribution in [0.25, 0.3) is 0 Å². The molecule has 0 unspecified atom stereocenters. The van der Waals surface area contributed by atoms with Gasteiger partial charge < -0.3 is 4.57 Å². The lowest BCUT2D eigenvalue weighted by atomic mass is 10.2. The minimum absolute atomic E-state index is 0.0824. The van der Waals surface area contributed by atoms with Crippen LogP contribution >= 0.6 is 0 Å². The molecule has 1 aromatic carbocycles. The molecule has 0 fully saturated rings. The van der Waals surface area contributed by atoms with Crippen molar-refractivity contribution in [1.29, 1.82) is 0 Å². The molecule has 1 aromatic heterocycles. The topological polar surface area (TPSA) is 64.0 Å². The van der Waals surface area contributed by atoms with Crippen LogP contribution < -0.4 is 4.72 Å². The van der Waals surface area contributed by atoms with E-state index in [0.29, 0.717) is 25.1 Å². The van der Waals surface area contributed by atoms with E-state index in [0.717, 1.165) is 6.07 Å². The maximum Gasteiger partial charge on any atom is 0.240 e. The highest BCUT2D eigenvalue weighted by Crippen LogP contribution is 2.13. The first-order valence-corrected chi connectivity index (χ1v) is 7.69. The van der Waals surface area contributed by atoms with Crippen LogP contribution in [0.1, 0.15) is 12.0 Å². The number of aromatic nitrogens is 2. The summed E-state index contributed by atoms with van der Waals surface area (Å²) >= 11 is 0. The van der Waals surface area contributed by atoms with Crippen molar-refractivity contribution in [3.8, 4) is 0 Å². The van der Waals surface area contributed by atoms with Gasteiger partial charge in [-0.05, 0) is 37.1 Å². The van der Waals surface area contributed by atoms with Gasteiger partial charge in [-0.2, -0.15) is 0 Å². The van der Waals surface area contributed by atoms with Crippen molar-refractivity contribution in [2.45, 2.75) is 24.8 Å². The van der Waals surface area contributed by atoms with Crippen LogP contribution in [0.5, 0.6) is 0 Å². The first kappa shape index (κ1) is 14.7. The number of hydrogen-bond donors (Lipinski definition) is 1. The normalized spacial score (nSPS) is 11.7. The fraction of sp³-hybridized carbons (Fsp3) is 0.308. The minimum atomic E-state index is -3.58. The molecule has 1 heterocycles. The first-order valence-electron chi connectivity index (χ1n) is 6.20. The van der Waals surface area contributed by atoms with Crippen molar-refractivity contribution >= 4 is 10.0 Å². The summed E-state index contributed by atoms with van der Waals surface area (Å²) in [7, 11) is -3.58. The van der Waals surface area contributed by atoms with Gasteiger partial charge in [-0.1, -0.05) is 0 Å². The van der Waals surface area contributed by atoms with Crippen LogP contribution in [0.3, 0.4) is 0 Å². The molecule has 5 nitrogen and oxygen atoms in total. The molecule has 20 heavy (non-hydrogen) atoms. The maximum absolute atomic E-state index is 13.1. The summed E-state index contributed by atoms with van der Waals surface area (Å²) in [6.07, 6.45) is 5.82. The van der Waals surface area contributed by atoms with Gasteiger partial charge in [0.1, 0.15) is 5.82 Å². The van der Waals surface area contributed by atoms with E-state index in [1.807, 2.05) is 10.8 Å². The SMILES string of the molecule is Cc1cc(S(=O)(=O)NCCCn2ccnc2)ccc1F. The predicted molar refractivity (Wildman–Crippen MR) is 73.2 cm³/mol. The number of aryl methyl sites for hydroxylation is 2. The number of benzene rings is 1. The van der Waals surface area contributed by atoms with Gasteiger partial charge in [0.15, 0.2) is 0 Å².